The third kappa shape index (κ3) is 3.54. The molecular formula is C10H11Br2NO2S. The second kappa shape index (κ2) is 6.12. The first-order chi connectivity index (χ1) is 7.45. The molecule has 0 radical (unpaired) electrons. The largest absolute Gasteiger partial charge is 0.391 e. The van der Waals surface area contributed by atoms with Gasteiger partial charge in [-0.05, 0) is 51.8 Å². The van der Waals surface area contributed by atoms with Gasteiger partial charge in [0.1, 0.15) is 6.07 Å². The fourth-order valence-electron chi connectivity index (χ4n) is 0.982. The van der Waals surface area contributed by atoms with Crippen LogP contribution in [0.1, 0.15) is 24.8 Å². The van der Waals surface area contributed by atoms with Crippen molar-refractivity contribution in [3.8, 4) is 6.07 Å². The van der Waals surface area contributed by atoms with Crippen molar-refractivity contribution in [1.82, 2.24) is 0 Å². The van der Waals surface area contributed by atoms with Gasteiger partial charge < -0.3 is 9.84 Å². The summed E-state index contributed by atoms with van der Waals surface area (Å²) in [6.45, 7) is 3.38. The van der Waals surface area contributed by atoms with E-state index in [0.29, 0.717) is 0 Å². The molecule has 0 amide bonds. The summed E-state index contributed by atoms with van der Waals surface area (Å²) in [6, 6.07) is 3.92. The number of aliphatic hydroxyl groups excluding tert-OH is 1. The molecule has 0 bridgehead atoms. The summed E-state index contributed by atoms with van der Waals surface area (Å²) in [6.07, 6.45) is -1.61. The van der Waals surface area contributed by atoms with Crippen molar-refractivity contribution in [3.05, 3.63) is 19.2 Å². The van der Waals surface area contributed by atoms with Crippen LogP contribution in [0.25, 0.3) is 0 Å². The Balaban J connectivity index is 2.80. The number of ether oxygens (including phenoxy) is 1. The van der Waals surface area contributed by atoms with Crippen LogP contribution in [-0.4, -0.2) is 17.3 Å². The van der Waals surface area contributed by atoms with Crippen molar-refractivity contribution < 1.29 is 9.84 Å². The highest BCUT2D eigenvalue weighted by Crippen LogP contribution is 2.36. The Morgan fingerprint density at radius 2 is 2.12 bits per heavy atom. The van der Waals surface area contributed by atoms with Gasteiger partial charge >= 0.3 is 0 Å². The highest BCUT2D eigenvalue weighted by atomic mass is 79.9. The topological polar surface area (TPSA) is 53.2 Å². The third-order valence-corrected chi connectivity index (χ3v) is 5.37. The number of nitrogens with zero attached hydrogens (tertiary/aromatic N) is 1. The smallest absolute Gasteiger partial charge is 0.178 e. The van der Waals surface area contributed by atoms with E-state index >= 15 is 0 Å². The van der Waals surface area contributed by atoms with Crippen LogP contribution in [0.2, 0.25) is 0 Å². The van der Waals surface area contributed by atoms with Crippen molar-refractivity contribution in [3.63, 3.8) is 0 Å². The van der Waals surface area contributed by atoms with Gasteiger partial charge in [-0.2, -0.15) is 5.26 Å². The minimum Gasteiger partial charge on any atom is -0.391 e. The minimum absolute atomic E-state index is 0.371. The molecule has 1 rings (SSSR count). The van der Waals surface area contributed by atoms with E-state index in [1.54, 1.807) is 13.8 Å². The summed E-state index contributed by atoms with van der Waals surface area (Å²) in [4.78, 5) is 0.814. The summed E-state index contributed by atoms with van der Waals surface area (Å²) in [5.74, 6) is 0. The molecule has 1 heterocycles. The van der Waals surface area contributed by atoms with Gasteiger partial charge in [-0.3, -0.25) is 0 Å². The van der Waals surface area contributed by atoms with Crippen molar-refractivity contribution in [2.24, 2.45) is 0 Å². The molecule has 0 spiro atoms. The minimum atomic E-state index is -0.641. The Morgan fingerprint density at radius 3 is 2.50 bits per heavy atom. The number of halogens is 2. The molecule has 1 N–H and O–H groups in total. The quantitative estimate of drug-likeness (QED) is 0.882. The van der Waals surface area contributed by atoms with Crippen molar-refractivity contribution in [1.29, 1.82) is 5.26 Å². The van der Waals surface area contributed by atoms with Crippen molar-refractivity contribution in [2.75, 3.05) is 0 Å². The van der Waals surface area contributed by atoms with Gasteiger partial charge in [-0.25, -0.2) is 0 Å². The molecule has 0 aliphatic heterocycles. The van der Waals surface area contributed by atoms with Gasteiger partial charge in [0.2, 0.25) is 0 Å². The normalized spacial score (nSPS) is 16.5. The number of hydrogen-bond donors (Lipinski definition) is 1. The fraction of sp³-hybridized carbons (Fsp3) is 0.500. The van der Waals surface area contributed by atoms with E-state index in [9.17, 15) is 5.11 Å². The predicted molar refractivity (Wildman–Crippen MR) is 70.3 cm³/mol. The number of hydrogen-bond acceptors (Lipinski definition) is 4. The molecule has 6 heteroatoms. The lowest BCUT2D eigenvalue weighted by Gasteiger charge is -2.18. The summed E-state index contributed by atoms with van der Waals surface area (Å²) in [5, 5.41) is 18.4. The molecule has 0 aliphatic carbocycles. The molecule has 0 saturated carbocycles. The Morgan fingerprint density at radius 1 is 1.50 bits per heavy atom. The summed E-state index contributed by atoms with van der Waals surface area (Å²) in [5.41, 5.74) is 0. The molecule has 88 valence electrons. The van der Waals surface area contributed by atoms with Crippen LogP contribution in [0.15, 0.2) is 14.3 Å². The van der Waals surface area contributed by atoms with Crippen molar-refractivity contribution in [2.45, 2.75) is 32.2 Å². The number of thiophene rings is 1. The first-order valence-electron chi connectivity index (χ1n) is 4.63. The summed E-state index contributed by atoms with van der Waals surface area (Å²) < 4.78 is 7.30. The summed E-state index contributed by atoms with van der Waals surface area (Å²) in [7, 11) is 0. The highest BCUT2D eigenvalue weighted by Gasteiger charge is 2.20. The van der Waals surface area contributed by atoms with E-state index in [2.05, 4.69) is 37.9 Å². The highest BCUT2D eigenvalue weighted by molar-refractivity contribution is 9.13. The predicted octanol–water partition coefficient (Wildman–Crippen LogP) is 3.62. The first-order valence-corrected chi connectivity index (χ1v) is 7.03. The van der Waals surface area contributed by atoms with Crippen LogP contribution < -0.4 is 0 Å². The van der Waals surface area contributed by atoms with Gasteiger partial charge in [-0.15, -0.1) is 11.3 Å². The lowest BCUT2D eigenvalue weighted by atomic mass is 10.2. The zero-order valence-corrected chi connectivity index (χ0v) is 12.8. The van der Waals surface area contributed by atoms with Gasteiger partial charge in [-0.1, -0.05) is 0 Å². The zero-order valence-electron chi connectivity index (χ0n) is 8.78. The van der Waals surface area contributed by atoms with E-state index in [-0.39, 0.29) is 6.10 Å². The Hall–Kier alpha value is 0.0700. The maximum Gasteiger partial charge on any atom is 0.178 e. The number of rotatable bonds is 4. The van der Waals surface area contributed by atoms with E-state index in [1.807, 2.05) is 6.07 Å². The molecule has 0 aliphatic rings. The van der Waals surface area contributed by atoms with Gasteiger partial charge in [0.05, 0.1) is 20.9 Å². The molecule has 3 unspecified atom stereocenters. The SMILES string of the molecule is CC(O)C(C)OC(C#N)c1cc(Br)c(Br)s1. The monoisotopic (exact) mass is 367 g/mol. The second-order valence-corrected chi connectivity index (χ2v) is 6.62. The Bertz CT molecular complexity index is 381. The van der Waals surface area contributed by atoms with Gasteiger partial charge in [0.15, 0.2) is 6.10 Å². The van der Waals surface area contributed by atoms with E-state index in [4.69, 9.17) is 10.00 Å². The third-order valence-electron chi connectivity index (χ3n) is 2.07. The molecule has 1 aromatic heterocycles. The summed E-state index contributed by atoms with van der Waals surface area (Å²) >= 11 is 8.17. The molecular weight excluding hydrogens is 358 g/mol. The Kier molecular flexibility index (Phi) is 5.41. The van der Waals surface area contributed by atoms with Gasteiger partial charge in [0.25, 0.3) is 0 Å². The maximum atomic E-state index is 9.32. The number of nitriles is 1. The molecule has 0 saturated heterocycles. The lowest BCUT2D eigenvalue weighted by Crippen LogP contribution is -2.24. The van der Waals surface area contributed by atoms with E-state index in [0.717, 1.165) is 13.1 Å². The Labute approximate surface area is 115 Å². The molecule has 3 atom stereocenters. The van der Waals surface area contributed by atoms with Crippen LogP contribution in [0.3, 0.4) is 0 Å². The van der Waals surface area contributed by atoms with Crippen LogP contribution in [-0.2, 0) is 4.74 Å². The molecule has 0 aromatic carbocycles. The zero-order chi connectivity index (χ0) is 12.3. The first kappa shape index (κ1) is 14.1. The van der Waals surface area contributed by atoms with E-state index < -0.39 is 12.2 Å². The molecule has 0 fully saturated rings. The molecule has 3 nitrogen and oxygen atoms in total. The van der Waals surface area contributed by atoms with Crippen molar-refractivity contribution >= 4 is 43.2 Å². The van der Waals surface area contributed by atoms with Crippen LogP contribution in [0.4, 0.5) is 0 Å². The fourth-order valence-corrected chi connectivity index (χ4v) is 3.05. The van der Waals surface area contributed by atoms with Crippen LogP contribution >= 0.6 is 43.2 Å². The van der Waals surface area contributed by atoms with Gasteiger partial charge in [0, 0.05) is 4.47 Å². The average molecular weight is 369 g/mol. The van der Waals surface area contributed by atoms with E-state index in [1.165, 1.54) is 11.3 Å². The lowest BCUT2D eigenvalue weighted by molar-refractivity contribution is -0.0415. The van der Waals surface area contributed by atoms with Crippen LogP contribution in [0, 0.1) is 11.3 Å². The van der Waals surface area contributed by atoms with Crippen LogP contribution in [0.5, 0.6) is 0 Å². The second-order valence-electron chi connectivity index (χ2n) is 3.36. The number of aliphatic hydroxyl groups is 1. The standard InChI is InChI=1S/C10H11Br2NO2S/c1-5(14)6(2)15-8(4-13)9-3-7(11)10(12)16-9/h3,5-6,8,14H,1-2H3. The maximum absolute atomic E-state index is 9.32. The molecule has 1 aromatic rings. The molecule has 16 heavy (non-hydrogen) atoms. The average Bonchev–Trinajstić information content (AvgIpc) is 2.55.